The van der Waals surface area contributed by atoms with Gasteiger partial charge in [0.1, 0.15) is 10.7 Å². The molecular formula is C22H25N3OS. The molecule has 2 heterocycles. The highest BCUT2D eigenvalue weighted by molar-refractivity contribution is 7.20. The summed E-state index contributed by atoms with van der Waals surface area (Å²) in [7, 11) is 0. The van der Waals surface area contributed by atoms with Crippen LogP contribution in [0.15, 0.2) is 30.3 Å². The number of carbonyl (C=O) groups is 1. The van der Waals surface area contributed by atoms with Crippen LogP contribution in [0.2, 0.25) is 0 Å². The molecule has 4 rings (SSSR count). The Bertz CT molecular complexity index is 976. The fraction of sp³-hybridized carbons (Fsp3) is 0.409. The van der Waals surface area contributed by atoms with Gasteiger partial charge in [-0.3, -0.25) is 4.79 Å². The summed E-state index contributed by atoms with van der Waals surface area (Å²) < 4.78 is 0. The molecule has 0 radical (unpaired) electrons. The van der Waals surface area contributed by atoms with Crippen molar-refractivity contribution in [3.05, 3.63) is 57.9 Å². The van der Waals surface area contributed by atoms with Crippen molar-refractivity contribution >= 4 is 27.5 Å². The Labute approximate surface area is 164 Å². The lowest BCUT2D eigenvalue weighted by atomic mass is 9.96. The SMILES string of the molecule is CCC(CNC(=O)c1sc2nc(C3CC3)nc(C)c2c1C)c1ccccc1. The molecule has 4 nitrogen and oxygen atoms in total. The molecule has 0 aliphatic heterocycles. The van der Waals surface area contributed by atoms with Gasteiger partial charge in [-0.25, -0.2) is 9.97 Å². The Morgan fingerprint density at radius 3 is 2.63 bits per heavy atom. The van der Waals surface area contributed by atoms with Crippen molar-refractivity contribution < 1.29 is 4.79 Å². The predicted molar refractivity (Wildman–Crippen MR) is 111 cm³/mol. The van der Waals surface area contributed by atoms with E-state index in [0.717, 1.165) is 38.6 Å². The Hall–Kier alpha value is -2.27. The standard InChI is InChI=1S/C22H25N3OS/c1-4-15(16-8-6-5-7-9-16)12-23-21(26)19-13(2)18-14(3)24-20(17-10-11-17)25-22(18)27-19/h5-9,15,17H,4,10-12H2,1-3H3,(H,23,26). The van der Waals surface area contributed by atoms with Crippen LogP contribution < -0.4 is 5.32 Å². The molecule has 0 bridgehead atoms. The Kier molecular flexibility index (Phi) is 4.96. The molecule has 1 saturated carbocycles. The number of rotatable bonds is 6. The van der Waals surface area contributed by atoms with Crippen LogP contribution in [0.4, 0.5) is 0 Å². The second-order valence-electron chi connectivity index (χ2n) is 7.40. The molecule has 3 aromatic rings. The summed E-state index contributed by atoms with van der Waals surface area (Å²) in [5, 5.41) is 4.19. The Balaban J connectivity index is 1.55. The first-order valence-electron chi connectivity index (χ1n) is 9.69. The Morgan fingerprint density at radius 2 is 1.96 bits per heavy atom. The molecular weight excluding hydrogens is 354 g/mol. The highest BCUT2D eigenvalue weighted by Crippen LogP contribution is 2.40. The van der Waals surface area contributed by atoms with Gasteiger partial charge in [-0.15, -0.1) is 11.3 Å². The largest absolute Gasteiger partial charge is 0.351 e. The smallest absolute Gasteiger partial charge is 0.261 e. The minimum Gasteiger partial charge on any atom is -0.351 e. The maximum Gasteiger partial charge on any atom is 0.261 e. The van der Waals surface area contributed by atoms with Crippen LogP contribution in [0.3, 0.4) is 0 Å². The second-order valence-corrected chi connectivity index (χ2v) is 8.40. The number of nitrogens with zero attached hydrogens (tertiary/aromatic N) is 2. The molecule has 1 aliphatic carbocycles. The van der Waals surface area contributed by atoms with E-state index in [-0.39, 0.29) is 5.91 Å². The minimum absolute atomic E-state index is 0.00254. The topological polar surface area (TPSA) is 54.9 Å². The number of hydrogen-bond acceptors (Lipinski definition) is 4. The van der Waals surface area contributed by atoms with Crippen molar-refractivity contribution in [2.75, 3.05) is 6.54 Å². The number of hydrogen-bond donors (Lipinski definition) is 1. The molecule has 27 heavy (non-hydrogen) atoms. The molecule has 5 heteroatoms. The molecule has 1 unspecified atom stereocenters. The molecule has 1 aliphatic rings. The first kappa shape index (κ1) is 18.1. The number of aromatic nitrogens is 2. The van der Waals surface area contributed by atoms with E-state index in [1.54, 1.807) is 0 Å². The van der Waals surface area contributed by atoms with Gasteiger partial charge < -0.3 is 5.32 Å². The lowest BCUT2D eigenvalue weighted by Gasteiger charge is -2.16. The zero-order valence-electron chi connectivity index (χ0n) is 16.1. The van der Waals surface area contributed by atoms with E-state index in [4.69, 9.17) is 4.98 Å². The maximum absolute atomic E-state index is 12.9. The van der Waals surface area contributed by atoms with Gasteiger partial charge in [0.2, 0.25) is 0 Å². The van der Waals surface area contributed by atoms with E-state index in [2.05, 4.69) is 41.5 Å². The average molecular weight is 380 g/mol. The second kappa shape index (κ2) is 7.39. The highest BCUT2D eigenvalue weighted by atomic mass is 32.1. The van der Waals surface area contributed by atoms with Gasteiger partial charge in [-0.05, 0) is 44.2 Å². The number of nitrogens with one attached hydrogen (secondary N) is 1. The van der Waals surface area contributed by atoms with Crippen molar-refractivity contribution in [2.24, 2.45) is 0 Å². The summed E-state index contributed by atoms with van der Waals surface area (Å²) in [4.78, 5) is 24.0. The monoisotopic (exact) mass is 379 g/mol. The highest BCUT2D eigenvalue weighted by Gasteiger charge is 2.28. The van der Waals surface area contributed by atoms with Gasteiger partial charge in [0.05, 0.1) is 10.6 Å². The summed E-state index contributed by atoms with van der Waals surface area (Å²) in [6, 6.07) is 10.4. The quantitative estimate of drug-likeness (QED) is 0.647. The molecule has 1 aromatic carbocycles. The van der Waals surface area contributed by atoms with Crippen LogP contribution in [0, 0.1) is 13.8 Å². The number of aryl methyl sites for hydroxylation is 2. The lowest BCUT2D eigenvalue weighted by molar-refractivity contribution is 0.0954. The first-order valence-corrected chi connectivity index (χ1v) is 10.5. The van der Waals surface area contributed by atoms with Gasteiger partial charge in [0.15, 0.2) is 0 Å². The van der Waals surface area contributed by atoms with Crippen LogP contribution in [0.25, 0.3) is 10.2 Å². The summed E-state index contributed by atoms with van der Waals surface area (Å²) in [5.74, 6) is 1.79. The molecule has 0 spiro atoms. The summed E-state index contributed by atoms with van der Waals surface area (Å²) in [6.07, 6.45) is 3.35. The van der Waals surface area contributed by atoms with Crippen molar-refractivity contribution in [3.63, 3.8) is 0 Å². The van der Waals surface area contributed by atoms with Crippen molar-refractivity contribution in [3.8, 4) is 0 Å². The van der Waals surface area contributed by atoms with Gasteiger partial charge in [-0.1, -0.05) is 37.3 Å². The molecule has 0 saturated heterocycles. The lowest BCUT2D eigenvalue weighted by Crippen LogP contribution is -2.28. The fourth-order valence-corrected chi connectivity index (χ4v) is 4.78. The van der Waals surface area contributed by atoms with Crippen molar-refractivity contribution in [1.82, 2.24) is 15.3 Å². The van der Waals surface area contributed by atoms with Crippen LogP contribution in [-0.2, 0) is 0 Å². The van der Waals surface area contributed by atoms with Crippen LogP contribution in [0.5, 0.6) is 0 Å². The number of fused-ring (bicyclic) bond motifs is 1. The third kappa shape index (κ3) is 3.61. The van der Waals surface area contributed by atoms with E-state index >= 15 is 0 Å². The molecule has 1 atom stereocenters. The van der Waals surface area contributed by atoms with Crippen LogP contribution in [-0.4, -0.2) is 22.4 Å². The average Bonchev–Trinajstić information content (AvgIpc) is 3.47. The van der Waals surface area contributed by atoms with E-state index in [1.165, 1.54) is 29.7 Å². The van der Waals surface area contributed by atoms with E-state index in [1.807, 2.05) is 19.9 Å². The van der Waals surface area contributed by atoms with Crippen molar-refractivity contribution in [1.29, 1.82) is 0 Å². The van der Waals surface area contributed by atoms with E-state index < -0.39 is 0 Å². The molecule has 1 N–H and O–H groups in total. The zero-order chi connectivity index (χ0) is 19.0. The minimum atomic E-state index is -0.00254. The molecule has 1 fully saturated rings. The Morgan fingerprint density at radius 1 is 1.22 bits per heavy atom. The van der Waals surface area contributed by atoms with Gasteiger partial charge in [0, 0.05) is 23.8 Å². The maximum atomic E-state index is 12.9. The zero-order valence-corrected chi connectivity index (χ0v) is 16.9. The summed E-state index contributed by atoms with van der Waals surface area (Å²) in [6.45, 7) is 6.84. The first-order chi connectivity index (χ1) is 13.1. The number of thiophene rings is 1. The molecule has 140 valence electrons. The number of carbonyl (C=O) groups excluding carboxylic acids is 1. The van der Waals surface area contributed by atoms with Gasteiger partial charge in [0.25, 0.3) is 5.91 Å². The normalized spacial score (nSPS) is 15.1. The third-order valence-corrected chi connectivity index (χ3v) is 6.59. The third-order valence-electron chi connectivity index (χ3n) is 5.41. The van der Waals surface area contributed by atoms with Crippen LogP contribution in [0.1, 0.15) is 70.3 Å². The fourth-order valence-electron chi connectivity index (χ4n) is 3.62. The number of benzene rings is 1. The van der Waals surface area contributed by atoms with Crippen molar-refractivity contribution in [2.45, 2.75) is 51.9 Å². The van der Waals surface area contributed by atoms with E-state index in [0.29, 0.717) is 18.4 Å². The number of amides is 1. The predicted octanol–water partition coefficient (Wildman–Crippen LogP) is 5.11. The summed E-state index contributed by atoms with van der Waals surface area (Å²) >= 11 is 1.50. The van der Waals surface area contributed by atoms with Gasteiger partial charge in [-0.2, -0.15) is 0 Å². The molecule has 2 aromatic heterocycles. The summed E-state index contributed by atoms with van der Waals surface area (Å²) in [5.41, 5.74) is 3.26. The van der Waals surface area contributed by atoms with E-state index in [9.17, 15) is 4.79 Å². The molecule has 1 amide bonds. The van der Waals surface area contributed by atoms with Gasteiger partial charge >= 0.3 is 0 Å². The van der Waals surface area contributed by atoms with Crippen LogP contribution >= 0.6 is 11.3 Å².